The highest BCUT2D eigenvalue weighted by molar-refractivity contribution is 5.89. The molecule has 6 nitrogen and oxygen atoms in total. The lowest BCUT2D eigenvalue weighted by Gasteiger charge is -2.33. The van der Waals surface area contributed by atoms with Gasteiger partial charge in [-0.3, -0.25) is 4.79 Å². The molecular weight excluding hydrogens is 244 g/mol. The fourth-order valence-corrected chi connectivity index (χ4v) is 3.40. The molecule has 106 valence electrons. The Morgan fingerprint density at radius 3 is 2.68 bits per heavy atom. The summed E-state index contributed by atoms with van der Waals surface area (Å²) >= 11 is 0. The molecule has 0 aromatic carbocycles. The fourth-order valence-electron chi connectivity index (χ4n) is 3.40. The number of nitrogens with two attached hydrogens (primary N) is 1. The number of urea groups is 1. The third-order valence-electron chi connectivity index (χ3n) is 4.59. The Morgan fingerprint density at radius 1 is 1.21 bits per heavy atom. The van der Waals surface area contributed by atoms with Gasteiger partial charge in [0.05, 0.1) is 0 Å². The number of nitrogens with one attached hydrogen (secondary N) is 2. The molecule has 4 N–H and O–H groups in total. The van der Waals surface area contributed by atoms with Gasteiger partial charge < -0.3 is 21.3 Å². The molecule has 2 bridgehead atoms. The van der Waals surface area contributed by atoms with Crippen LogP contribution in [0.1, 0.15) is 38.5 Å². The van der Waals surface area contributed by atoms with E-state index in [-0.39, 0.29) is 36.1 Å². The number of amides is 3. The zero-order valence-electron chi connectivity index (χ0n) is 11.1. The zero-order chi connectivity index (χ0) is 13.4. The van der Waals surface area contributed by atoms with Crippen LogP contribution in [0.5, 0.6) is 0 Å². The van der Waals surface area contributed by atoms with Gasteiger partial charge in [-0.25, -0.2) is 4.79 Å². The molecular formula is C13H22N4O2. The molecule has 3 aliphatic rings. The summed E-state index contributed by atoms with van der Waals surface area (Å²) in [7, 11) is 0. The molecule has 3 rings (SSSR count). The predicted molar refractivity (Wildman–Crippen MR) is 70.4 cm³/mol. The minimum atomic E-state index is -0.283. The third kappa shape index (κ3) is 2.54. The molecule has 0 radical (unpaired) electrons. The Kier molecular flexibility index (Phi) is 3.35. The first kappa shape index (κ1) is 12.7. The van der Waals surface area contributed by atoms with Gasteiger partial charge in [-0.2, -0.15) is 0 Å². The van der Waals surface area contributed by atoms with Gasteiger partial charge in [0.25, 0.3) is 0 Å². The normalized spacial score (nSPS) is 37.9. The maximum atomic E-state index is 12.3. The minimum absolute atomic E-state index is 0.0102. The van der Waals surface area contributed by atoms with Gasteiger partial charge in [-0.05, 0) is 38.5 Å². The van der Waals surface area contributed by atoms with Crippen LogP contribution in [0, 0.1) is 0 Å². The third-order valence-corrected chi connectivity index (χ3v) is 4.59. The number of rotatable bonds is 2. The van der Waals surface area contributed by atoms with Crippen LogP contribution in [0.3, 0.4) is 0 Å². The van der Waals surface area contributed by atoms with Gasteiger partial charge >= 0.3 is 6.03 Å². The van der Waals surface area contributed by atoms with Crippen LogP contribution in [-0.2, 0) is 4.79 Å². The molecule has 2 atom stereocenters. The first-order valence-electron chi connectivity index (χ1n) is 7.26. The van der Waals surface area contributed by atoms with Gasteiger partial charge in [-0.15, -0.1) is 0 Å². The topological polar surface area (TPSA) is 87.5 Å². The highest BCUT2D eigenvalue weighted by atomic mass is 16.2. The smallest absolute Gasteiger partial charge is 0.318 e. The van der Waals surface area contributed by atoms with Crippen molar-refractivity contribution >= 4 is 11.9 Å². The maximum Gasteiger partial charge on any atom is 0.318 e. The van der Waals surface area contributed by atoms with E-state index in [2.05, 4.69) is 10.6 Å². The lowest BCUT2D eigenvalue weighted by Crippen LogP contribution is -2.52. The van der Waals surface area contributed by atoms with E-state index in [1.165, 1.54) is 0 Å². The number of nitrogens with zero attached hydrogens (tertiary/aromatic N) is 1. The molecule has 1 saturated carbocycles. The molecule has 3 amide bonds. The van der Waals surface area contributed by atoms with Crippen molar-refractivity contribution in [3.05, 3.63) is 0 Å². The minimum Gasteiger partial charge on any atom is -0.352 e. The predicted octanol–water partition coefficient (Wildman–Crippen LogP) is -0.0713. The number of carbonyl (C=O) groups excluding carboxylic acids is 2. The molecule has 6 heteroatoms. The van der Waals surface area contributed by atoms with Gasteiger partial charge in [0, 0.05) is 24.7 Å². The van der Waals surface area contributed by atoms with Gasteiger partial charge in [0.15, 0.2) is 0 Å². The highest BCUT2D eigenvalue weighted by Crippen LogP contribution is 2.24. The van der Waals surface area contributed by atoms with Crippen LogP contribution in [-0.4, -0.2) is 47.6 Å². The summed E-state index contributed by atoms with van der Waals surface area (Å²) in [6, 6.07) is 0.385. The first-order chi connectivity index (χ1) is 9.13. The number of piperidine rings is 1. The molecule has 2 unspecified atom stereocenters. The number of hydrogen-bond donors (Lipinski definition) is 3. The van der Waals surface area contributed by atoms with Crippen LogP contribution in [0.4, 0.5) is 4.79 Å². The number of carbonyl (C=O) groups is 2. The van der Waals surface area contributed by atoms with Crippen LogP contribution in [0.25, 0.3) is 0 Å². The van der Waals surface area contributed by atoms with E-state index in [1.807, 2.05) is 0 Å². The van der Waals surface area contributed by atoms with E-state index < -0.39 is 0 Å². The summed E-state index contributed by atoms with van der Waals surface area (Å²) < 4.78 is 0. The monoisotopic (exact) mass is 266 g/mol. The van der Waals surface area contributed by atoms with E-state index in [9.17, 15) is 9.59 Å². The van der Waals surface area contributed by atoms with Crippen LogP contribution in [0.2, 0.25) is 0 Å². The van der Waals surface area contributed by atoms with E-state index >= 15 is 0 Å². The second-order valence-corrected chi connectivity index (χ2v) is 6.01. The maximum absolute atomic E-state index is 12.3. The van der Waals surface area contributed by atoms with Crippen molar-refractivity contribution in [3.63, 3.8) is 0 Å². The van der Waals surface area contributed by atoms with Crippen molar-refractivity contribution in [2.75, 3.05) is 6.54 Å². The quantitative estimate of drug-likeness (QED) is 0.654. The molecule has 0 spiro atoms. The van der Waals surface area contributed by atoms with Crippen LogP contribution >= 0.6 is 0 Å². The summed E-state index contributed by atoms with van der Waals surface area (Å²) in [6.07, 6.45) is 5.52. The molecule has 2 aliphatic heterocycles. The van der Waals surface area contributed by atoms with Gasteiger partial charge in [0.1, 0.15) is 6.04 Å². The Balaban J connectivity index is 1.56. The zero-order valence-corrected chi connectivity index (χ0v) is 11.1. The Bertz CT molecular complexity index is 379. The average molecular weight is 266 g/mol. The molecule has 0 aromatic rings. The van der Waals surface area contributed by atoms with Gasteiger partial charge in [0.2, 0.25) is 5.91 Å². The van der Waals surface area contributed by atoms with E-state index in [1.54, 1.807) is 4.90 Å². The summed E-state index contributed by atoms with van der Waals surface area (Å²) in [5.41, 5.74) is 5.86. The number of fused-ring (bicyclic) bond motifs is 2. The van der Waals surface area contributed by atoms with Crippen molar-refractivity contribution in [2.45, 2.75) is 62.7 Å². The highest BCUT2D eigenvalue weighted by Gasteiger charge is 2.42. The van der Waals surface area contributed by atoms with Crippen LogP contribution < -0.4 is 16.4 Å². The molecule has 2 heterocycles. The molecule has 0 aromatic heterocycles. The van der Waals surface area contributed by atoms with E-state index in [4.69, 9.17) is 5.73 Å². The lowest BCUT2D eigenvalue weighted by molar-refractivity contribution is -0.127. The largest absolute Gasteiger partial charge is 0.352 e. The fraction of sp³-hybridized carbons (Fsp3) is 0.846. The summed E-state index contributed by atoms with van der Waals surface area (Å²) in [6.45, 7) is 0.673. The second kappa shape index (κ2) is 5.00. The molecule has 2 saturated heterocycles. The van der Waals surface area contributed by atoms with E-state index in [0.717, 1.165) is 38.5 Å². The van der Waals surface area contributed by atoms with Crippen molar-refractivity contribution in [1.29, 1.82) is 0 Å². The molecule has 19 heavy (non-hydrogen) atoms. The standard InChI is InChI=1S/C13H22N4O2/c14-8-1-3-9(4-2-8)15-12(18)11-6-5-10-7-17(11)13(19)16-10/h8-11H,1-7,14H2,(H,15,18)(H,16,19). The first-order valence-corrected chi connectivity index (χ1v) is 7.26. The number of hydrogen-bond acceptors (Lipinski definition) is 3. The van der Waals surface area contributed by atoms with Crippen molar-refractivity contribution in [3.8, 4) is 0 Å². The molecule has 3 fully saturated rings. The Hall–Kier alpha value is -1.30. The van der Waals surface area contributed by atoms with Crippen molar-refractivity contribution in [1.82, 2.24) is 15.5 Å². The Morgan fingerprint density at radius 2 is 1.95 bits per heavy atom. The summed E-state index contributed by atoms with van der Waals surface area (Å²) in [4.78, 5) is 25.7. The van der Waals surface area contributed by atoms with Crippen molar-refractivity contribution < 1.29 is 9.59 Å². The van der Waals surface area contributed by atoms with E-state index in [0.29, 0.717) is 6.54 Å². The Labute approximate surface area is 113 Å². The summed E-state index contributed by atoms with van der Waals surface area (Å²) in [5.74, 6) is 0.0102. The average Bonchev–Trinajstić information content (AvgIpc) is 2.68. The molecule has 1 aliphatic carbocycles. The van der Waals surface area contributed by atoms with Crippen LogP contribution in [0.15, 0.2) is 0 Å². The van der Waals surface area contributed by atoms with Gasteiger partial charge in [-0.1, -0.05) is 0 Å². The SMILES string of the molecule is NC1CCC(NC(=O)C2CCC3CN2C(=O)N3)CC1. The second-order valence-electron chi connectivity index (χ2n) is 6.01. The lowest BCUT2D eigenvalue weighted by atomic mass is 9.91. The van der Waals surface area contributed by atoms with Crippen molar-refractivity contribution in [2.24, 2.45) is 5.73 Å². The summed E-state index contributed by atoms with van der Waals surface area (Å²) in [5, 5.41) is 6.00.